The number of rotatable bonds is 0. The Bertz CT molecular complexity index is 7130. The lowest BCUT2D eigenvalue weighted by Crippen LogP contribution is -2.05. The fraction of sp³-hybridized carbons (Fsp3) is 0.00840. The highest BCUT2D eigenvalue weighted by atomic mass is 32.2. The number of aromatic nitrogens is 9. The van der Waals surface area contributed by atoms with E-state index in [0.29, 0.717) is 9.79 Å². The lowest BCUT2D eigenvalue weighted by atomic mass is 9.98. The summed E-state index contributed by atoms with van der Waals surface area (Å²) in [4.78, 5) is 39.2. The molecule has 16 aromatic carbocycles. The lowest BCUT2D eigenvalue weighted by Gasteiger charge is -2.20. The molecule has 0 saturated heterocycles. The van der Waals surface area contributed by atoms with E-state index in [4.69, 9.17) is 9.15 Å². The topological polar surface area (TPSA) is 224 Å². The zero-order valence-electron chi connectivity index (χ0n) is 76.9. The second-order valence-electron chi connectivity index (χ2n) is 31.1. The molecule has 5 aliphatic heterocycles. The Morgan fingerprint density at radius 1 is 0.287 bits per heavy atom. The van der Waals surface area contributed by atoms with Crippen LogP contribution in [-0.2, 0) is 16.3 Å². The summed E-state index contributed by atoms with van der Waals surface area (Å²) < 4.78 is 41.4. The second-order valence-corrected chi connectivity index (χ2v) is 38.7. The van der Waals surface area contributed by atoms with E-state index in [0.717, 1.165) is 57.1 Å². The summed E-state index contributed by atoms with van der Waals surface area (Å²) >= 11 is 10.4. The monoisotopic (exact) mass is 1990 g/mol. The smallest absolute Gasteiger partial charge is 0.207 e. The first-order valence-corrected chi connectivity index (χ1v) is 52.1. The van der Waals surface area contributed by atoms with Crippen molar-refractivity contribution in [1.29, 1.82) is 0 Å². The number of hydrogen-bond donors (Lipinski definition) is 5. The quantitative estimate of drug-likeness (QED) is 0.0890. The van der Waals surface area contributed by atoms with Crippen molar-refractivity contribution in [2.75, 3.05) is 16.0 Å². The fourth-order valence-corrected chi connectivity index (χ4v) is 21.5. The maximum Gasteiger partial charge on any atom is 0.207 e. The fourth-order valence-electron chi connectivity index (χ4n) is 15.1. The molecule has 0 saturated carbocycles. The third-order valence-corrected chi connectivity index (χ3v) is 29.0. The van der Waals surface area contributed by atoms with E-state index in [1.807, 2.05) is 209 Å². The van der Waals surface area contributed by atoms with Gasteiger partial charge in [-0.15, -0.1) is 22.7 Å². The predicted molar refractivity (Wildman–Crippen MR) is 597 cm³/mol. The number of hydrogen-bond acceptors (Lipinski definition) is 22. The van der Waals surface area contributed by atoms with E-state index >= 15 is 0 Å². The van der Waals surface area contributed by atoms with Gasteiger partial charge in [0.2, 0.25) is 9.84 Å². The van der Waals surface area contributed by atoms with Crippen LogP contribution in [0.4, 0.5) is 34.1 Å². The molecule has 0 fully saturated rings. The van der Waals surface area contributed by atoms with E-state index in [1.54, 1.807) is 113 Å². The first-order valence-electron chi connectivity index (χ1n) is 45.5. The van der Waals surface area contributed by atoms with Gasteiger partial charge in [-0.2, -0.15) is 15.5 Å². The van der Waals surface area contributed by atoms with Crippen molar-refractivity contribution < 1.29 is 17.6 Å². The van der Waals surface area contributed by atoms with Crippen LogP contribution in [0.25, 0.3) is 85.9 Å². The number of nitrogens with zero attached hydrogens (tertiary/aromatic N) is 8. The Morgan fingerprint density at radius 3 is 1.16 bits per heavy atom. The van der Waals surface area contributed by atoms with Crippen molar-refractivity contribution in [2.45, 2.75) is 35.8 Å². The summed E-state index contributed by atoms with van der Waals surface area (Å²) in [5.41, 5.74) is 18.5. The SMILES string of the molecule is O=S1(=O)c2ccccc2-c2ccccc21.c1ccc2c(c1)Cc1ccccc1N2.c1ccc2c(c1)Nc1ccccc1O2.c1ccc2c(c1)Nc1ccccc1S2.c1ccc2c(c1)SNS2.c1ccc2c(c1)[nH]c1ccccc12.c1ccc2c(c1)oc1ccccc12.c1ccc2c(c1)sc1ccccc12.c1ccc2ncccc2c1.c1ccncc1.c1ccsc1.c1cncnc1.c1cscn1.c1ncncn1. The third-order valence-electron chi connectivity index (χ3n) is 21.7. The minimum Gasteiger partial charge on any atom is -0.456 e. The van der Waals surface area contributed by atoms with Crippen LogP contribution < -0.4 is 24.8 Å². The number of nitrogens with one attached hydrogen (secondary N) is 5. The number of thiazole rings is 1. The lowest BCUT2D eigenvalue weighted by molar-refractivity contribution is 0.481. The summed E-state index contributed by atoms with van der Waals surface area (Å²) in [7, 11) is -3.26. The number of furan rings is 1. The van der Waals surface area contributed by atoms with E-state index in [9.17, 15) is 8.42 Å². The second kappa shape index (κ2) is 51.9. The van der Waals surface area contributed by atoms with E-state index in [2.05, 4.69) is 308 Å². The van der Waals surface area contributed by atoms with Crippen LogP contribution in [0.5, 0.6) is 11.5 Å². The van der Waals surface area contributed by atoms with Gasteiger partial charge in [0.25, 0.3) is 0 Å². The van der Waals surface area contributed by atoms with Crippen LogP contribution in [0.15, 0.2) is 555 Å². The average molecular weight is 1990 g/mol. The molecule has 25 aromatic rings. The zero-order valence-corrected chi connectivity index (χ0v) is 82.6. The number of fused-ring (bicyclic) bond motifs is 20. The Labute approximate surface area is 854 Å². The minimum atomic E-state index is -3.26. The molecular weight excluding hydrogens is 1900 g/mol. The molecule has 5 N–H and O–H groups in total. The number of para-hydroxylation sites is 13. The van der Waals surface area contributed by atoms with Crippen molar-refractivity contribution in [3.8, 4) is 22.6 Å². The molecule has 0 spiro atoms. The van der Waals surface area contributed by atoms with Gasteiger partial charge in [0, 0.05) is 149 Å². The number of benzene rings is 16. The molecule has 30 rings (SSSR count). The van der Waals surface area contributed by atoms with Gasteiger partial charge in [0.05, 0.1) is 43.6 Å². The Balaban J connectivity index is 0.000000107. The predicted octanol–water partition coefficient (Wildman–Crippen LogP) is 33.1. The number of ether oxygens (including phenoxy) is 1. The summed E-state index contributed by atoms with van der Waals surface area (Å²) in [6.45, 7) is 0. The van der Waals surface area contributed by atoms with Gasteiger partial charge < -0.3 is 30.1 Å². The Hall–Kier alpha value is -16.5. The molecular formula is C119H93N13O4S7. The molecule has 5 aliphatic rings. The number of H-pyrrole nitrogens is 1. The molecule has 143 heavy (non-hydrogen) atoms. The van der Waals surface area contributed by atoms with Crippen LogP contribution in [0.1, 0.15) is 11.1 Å². The highest BCUT2D eigenvalue weighted by Gasteiger charge is 2.32. The number of pyridine rings is 2. The molecule has 0 bridgehead atoms. The Kier molecular flexibility index (Phi) is 35.6. The van der Waals surface area contributed by atoms with Gasteiger partial charge in [-0.05, 0) is 197 Å². The highest BCUT2D eigenvalue weighted by molar-refractivity contribution is 8.15. The molecule has 14 heterocycles. The van der Waals surface area contributed by atoms with Crippen LogP contribution in [0, 0.1) is 0 Å². The maximum atomic E-state index is 12.1. The number of thiophene rings is 2. The highest BCUT2D eigenvalue weighted by Crippen LogP contribution is 2.46. The van der Waals surface area contributed by atoms with Crippen molar-refractivity contribution >= 4 is 188 Å². The van der Waals surface area contributed by atoms with Crippen molar-refractivity contribution in [3.63, 3.8) is 0 Å². The molecule has 17 nitrogen and oxygen atoms in total. The van der Waals surface area contributed by atoms with E-state index < -0.39 is 9.84 Å². The molecule has 9 aromatic heterocycles. The van der Waals surface area contributed by atoms with Crippen LogP contribution >= 0.6 is 69.7 Å². The van der Waals surface area contributed by atoms with Gasteiger partial charge in [0.1, 0.15) is 36.5 Å². The number of sulfone groups is 1. The number of aromatic amines is 1. The van der Waals surface area contributed by atoms with Crippen LogP contribution in [0.3, 0.4) is 0 Å². The first kappa shape index (κ1) is 98.1. The molecule has 700 valence electrons. The standard InChI is InChI=1S/C13H11N.C12H9NO.C12H9NS.C12H9N.C12H8O2S.C12H8O.C12H8S.C9H7N.C6H5NS2.C5H5N.C4H4N2.C4H4S.C3H3N3.C3H3NS/c1-3-7-12-10(5-1)9-11-6-2-4-8-13(11)14-12;2*1-3-7-11-9(5-1)13-10-6-2-4-8-12(10)14-11;1-3-7-11-9(5-1)10-6-2-4-8-12(10)13-11;13-15(14)11-7-3-1-5-9(11)10-6-2-4-8-12(10)15;2*1-3-7-11-9(5-1)10-6-2-4-8-12(10)13-11;1-2-6-9-8(4-1)5-3-7-10-9;1-2-4-6-5(3-1)8-7-9-6;1-2-4-6-5-3-1;1-2-5-4-6-3-1;1-2-4-5-3-1;1-4-2-6-3-5-1;1-2-5-3-4-1/h1-8,14H,9H2;2*1-8,13H;1-8,13H;1-8H;2*1-8H;1-7H;1-4,7H;1-5H;1-4H;1-4H;1-3H;1-3H. The zero-order chi connectivity index (χ0) is 97.3. The van der Waals surface area contributed by atoms with E-state index in [-0.39, 0.29) is 0 Å². The third kappa shape index (κ3) is 27.4. The number of anilines is 6. The van der Waals surface area contributed by atoms with Gasteiger partial charge in [-0.3, -0.25) is 15.0 Å². The van der Waals surface area contributed by atoms with Gasteiger partial charge in [0.15, 0.2) is 11.5 Å². The van der Waals surface area contributed by atoms with Crippen LogP contribution in [-0.4, -0.2) is 53.3 Å². The van der Waals surface area contributed by atoms with Crippen molar-refractivity contribution in [1.82, 2.24) is 49.0 Å². The average Bonchev–Trinajstić information content (AvgIpc) is 1.59. The van der Waals surface area contributed by atoms with Crippen molar-refractivity contribution in [2.24, 2.45) is 0 Å². The molecule has 0 unspecified atom stereocenters. The maximum absolute atomic E-state index is 12.1. The van der Waals surface area contributed by atoms with Gasteiger partial charge in [-0.1, -0.05) is 297 Å². The summed E-state index contributed by atoms with van der Waals surface area (Å²) in [6.07, 6.45) is 17.3. The first-order chi connectivity index (χ1) is 70.8. The van der Waals surface area contributed by atoms with Crippen LogP contribution in [0.2, 0.25) is 0 Å². The molecule has 0 atom stereocenters. The molecule has 24 heteroatoms. The summed E-state index contributed by atoms with van der Waals surface area (Å²) in [6, 6.07) is 146. The van der Waals surface area contributed by atoms with Crippen molar-refractivity contribution in [3.05, 3.63) is 532 Å². The van der Waals surface area contributed by atoms with E-state index in [1.165, 1.54) is 137 Å². The molecule has 0 aliphatic carbocycles. The minimum absolute atomic E-state index is 0.422. The molecule has 0 radical (unpaired) electrons. The van der Waals surface area contributed by atoms with Gasteiger partial charge >= 0.3 is 0 Å². The Morgan fingerprint density at radius 2 is 0.699 bits per heavy atom. The largest absolute Gasteiger partial charge is 0.456 e. The van der Waals surface area contributed by atoms with Gasteiger partial charge in [-0.25, -0.2) is 33.3 Å². The summed E-state index contributed by atoms with van der Waals surface area (Å²) in [5.74, 6) is 1.76. The molecule has 0 amide bonds. The normalized spacial score (nSPS) is 11.6. The summed E-state index contributed by atoms with van der Waals surface area (Å²) in [5, 5.41) is 25.1.